The molecule has 5 aromatic carbocycles. The van der Waals surface area contributed by atoms with Crippen LogP contribution in [0.4, 0.5) is 0 Å². The highest BCUT2D eigenvalue weighted by molar-refractivity contribution is 7.73. The normalized spacial score (nSPS) is 15.8. The van der Waals surface area contributed by atoms with Crippen LogP contribution in [0.2, 0.25) is 0 Å². The van der Waals surface area contributed by atoms with Crippen LogP contribution in [-0.4, -0.2) is 15.0 Å². The maximum absolute atomic E-state index is 5.22. The molecule has 0 saturated heterocycles. The summed E-state index contributed by atoms with van der Waals surface area (Å²) in [6, 6.07) is 39.7. The second kappa shape index (κ2) is 8.56. The van der Waals surface area contributed by atoms with Crippen molar-refractivity contribution in [2.75, 3.05) is 0 Å². The highest BCUT2D eigenvalue weighted by Gasteiger charge is 2.24. The fraction of sp³-hybridized carbons (Fsp3) is 0.0571. The van der Waals surface area contributed by atoms with Crippen LogP contribution >= 0.6 is 7.92 Å². The number of benzene rings is 5. The first-order valence-corrected chi connectivity index (χ1v) is 14.4. The van der Waals surface area contributed by atoms with E-state index in [1.807, 2.05) is 6.08 Å². The molecule has 0 spiro atoms. The molecule has 0 bridgehead atoms. The number of imidazole rings is 1. The quantitative estimate of drug-likeness (QED) is 0.137. The Labute approximate surface area is 222 Å². The van der Waals surface area contributed by atoms with Gasteiger partial charge in [-0.1, -0.05) is 103 Å². The Balaban J connectivity index is 1.46. The lowest BCUT2D eigenvalue weighted by Crippen LogP contribution is -2.21. The summed E-state index contributed by atoms with van der Waals surface area (Å²) < 4.78 is 2.37. The van der Waals surface area contributed by atoms with Crippen LogP contribution in [0.25, 0.3) is 49.1 Å². The Kier molecular flexibility index (Phi) is 4.87. The van der Waals surface area contributed by atoms with Gasteiger partial charge in [-0.05, 0) is 66.1 Å². The molecule has 2 nitrogen and oxygen atoms in total. The maximum atomic E-state index is 5.22. The predicted octanol–water partition coefficient (Wildman–Crippen LogP) is 7.71. The van der Waals surface area contributed by atoms with Crippen molar-refractivity contribution in [3.05, 3.63) is 121 Å². The predicted molar refractivity (Wildman–Crippen MR) is 163 cm³/mol. The molecule has 3 heteroatoms. The summed E-state index contributed by atoms with van der Waals surface area (Å²) in [7, 11) is -0.646. The molecule has 0 radical (unpaired) electrons. The third kappa shape index (κ3) is 3.23. The van der Waals surface area contributed by atoms with Crippen LogP contribution in [-0.2, 0) is 0 Å². The molecule has 2 unspecified atom stereocenters. The van der Waals surface area contributed by atoms with E-state index in [2.05, 4.69) is 132 Å². The maximum Gasteiger partial charge on any atom is 0.146 e. The summed E-state index contributed by atoms with van der Waals surface area (Å²) in [5, 5.41) is 8.96. The minimum atomic E-state index is -0.646. The van der Waals surface area contributed by atoms with E-state index < -0.39 is 7.92 Å². The van der Waals surface area contributed by atoms with Gasteiger partial charge in [-0.25, -0.2) is 4.98 Å². The number of allylic oxidation sites excluding steroid dienone is 2. The molecule has 0 saturated carbocycles. The molecule has 7 aromatic rings. The molecule has 0 N–H and O–H groups in total. The molecule has 0 amide bonds. The summed E-state index contributed by atoms with van der Waals surface area (Å²) in [5.74, 6) is 6.78. The van der Waals surface area contributed by atoms with Gasteiger partial charge in [0.1, 0.15) is 5.65 Å². The van der Waals surface area contributed by atoms with Crippen LogP contribution in [0.1, 0.15) is 6.42 Å². The van der Waals surface area contributed by atoms with Gasteiger partial charge in [0.2, 0.25) is 0 Å². The number of fused-ring (bicyclic) bond motifs is 10. The summed E-state index contributed by atoms with van der Waals surface area (Å²) in [6.07, 6.45) is 5.19. The second-order valence-corrected chi connectivity index (χ2v) is 12.2. The number of aromatic nitrogens is 2. The monoisotopic (exact) mass is 502 g/mol. The van der Waals surface area contributed by atoms with E-state index in [1.54, 1.807) is 0 Å². The van der Waals surface area contributed by atoms with Gasteiger partial charge in [-0.2, -0.15) is 0 Å². The zero-order chi connectivity index (χ0) is 25.1. The van der Waals surface area contributed by atoms with Gasteiger partial charge in [0.25, 0.3) is 0 Å². The highest BCUT2D eigenvalue weighted by Crippen LogP contribution is 2.43. The molecular formula is C35H23N2P. The first-order chi connectivity index (χ1) is 18.9. The Morgan fingerprint density at radius 1 is 0.711 bits per heavy atom. The van der Waals surface area contributed by atoms with Crippen LogP contribution in [0, 0.1) is 11.8 Å². The van der Waals surface area contributed by atoms with E-state index in [-0.39, 0.29) is 0 Å². The van der Waals surface area contributed by atoms with Crippen molar-refractivity contribution in [1.29, 1.82) is 0 Å². The number of rotatable bonds is 3. The molecular weight excluding hydrogens is 479 g/mol. The van der Waals surface area contributed by atoms with Crippen LogP contribution in [0.15, 0.2) is 121 Å². The Bertz CT molecular complexity index is 2130. The largest absolute Gasteiger partial charge is 0.292 e. The number of hydrogen-bond acceptors (Lipinski definition) is 1. The average molecular weight is 503 g/mol. The van der Waals surface area contributed by atoms with Crippen molar-refractivity contribution >= 4 is 67.7 Å². The van der Waals surface area contributed by atoms with E-state index >= 15 is 0 Å². The van der Waals surface area contributed by atoms with Gasteiger partial charge < -0.3 is 0 Å². The summed E-state index contributed by atoms with van der Waals surface area (Å²) in [4.78, 5) is 5.22. The number of pyridine rings is 1. The summed E-state index contributed by atoms with van der Waals surface area (Å²) in [6.45, 7) is 0. The standard InChI is InChI=1S/C35H23N2P/c1-3-12-25(13-4-1)38(26-14-5-2-6-15-26)27-20-22-31-33(23-27)37-32-18-10-9-17-29(32)34-28-16-8-7-11-24(28)19-21-30(34)35(37)36-31/h1-5,7-13,16-23,26H,14H2. The van der Waals surface area contributed by atoms with Gasteiger partial charge in [0, 0.05) is 16.2 Å². The molecule has 0 aliphatic heterocycles. The van der Waals surface area contributed by atoms with Crippen molar-refractivity contribution in [1.82, 2.24) is 9.38 Å². The minimum absolute atomic E-state index is 0.304. The van der Waals surface area contributed by atoms with Gasteiger partial charge in [0.15, 0.2) is 0 Å². The lowest BCUT2D eigenvalue weighted by atomic mass is 9.99. The summed E-state index contributed by atoms with van der Waals surface area (Å²) >= 11 is 0. The zero-order valence-corrected chi connectivity index (χ0v) is 21.6. The van der Waals surface area contributed by atoms with Gasteiger partial charge in [-0.15, -0.1) is 0 Å². The Morgan fingerprint density at radius 3 is 2.39 bits per heavy atom. The molecule has 8 rings (SSSR count). The van der Waals surface area contributed by atoms with Crippen molar-refractivity contribution in [3.8, 4) is 11.8 Å². The second-order valence-electron chi connectivity index (χ2n) is 9.82. The molecule has 2 aromatic heterocycles. The van der Waals surface area contributed by atoms with E-state index in [9.17, 15) is 0 Å². The molecule has 1 aliphatic carbocycles. The Morgan fingerprint density at radius 2 is 1.53 bits per heavy atom. The molecule has 0 fully saturated rings. The van der Waals surface area contributed by atoms with E-state index in [0.717, 1.165) is 23.1 Å². The first-order valence-electron chi connectivity index (χ1n) is 13.0. The molecule has 2 heterocycles. The molecule has 178 valence electrons. The van der Waals surface area contributed by atoms with Crippen molar-refractivity contribution in [2.24, 2.45) is 0 Å². The van der Waals surface area contributed by atoms with Gasteiger partial charge >= 0.3 is 0 Å². The Hall–Kier alpha value is -4.44. The fourth-order valence-corrected chi connectivity index (χ4v) is 8.54. The van der Waals surface area contributed by atoms with Crippen molar-refractivity contribution in [2.45, 2.75) is 12.1 Å². The SMILES string of the molecule is C1#CC(P(c2ccccc2)c2ccc3nc4c5ccc6ccccc6c5c5ccccc5n4c3c2)CC=C1. The lowest BCUT2D eigenvalue weighted by Gasteiger charge is -2.25. The van der Waals surface area contributed by atoms with Crippen LogP contribution < -0.4 is 10.6 Å². The van der Waals surface area contributed by atoms with E-state index in [4.69, 9.17) is 4.98 Å². The molecule has 1 aliphatic rings. The smallest absolute Gasteiger partial charge is 0.146 e. The fourth-order valence-electron chi connectivity index (χ4n) is 5.99. The zero-order valence-electron chi connectivity index (χ0n) is 20.7. The number of para-hydroxylation sites is 1. The first kappa shape index (κ1) is 21.6. The van der Waals surface area contributed by atoms with E-state index in [0.29, 0.717) is 5.66 Å². The van der Waals surface area contributed by atoms with Crippen molar-refractivity contribution < 1.29 is 0 Å². The number of nitrogens with zero attached hydrogens (tertiary/aromatic N) is 2. The third-order valence-corrected chi connectivity index (χ3v) is 10.3. The van der Waals surface area contributed by atoms with Gasteiger partial charge in [0.05, 0.1) is 22.2 Å². The number of hydrogen-bond donors (Lipinski definition) is 0. The molecule has 2 atom stereocenters. The van der Waals surface area contributed by atoms with E-state index in [1.165, 1.54) is 43.1 Å². The highest BCUT2D eigenvalue weighted by atomic mass is 31.1. The molecule has 38 heavy (non-hydrogen) atoms. The summed E-state index contributed by atoms with van der Waals surface area (Å²) in [5.41, 5.74) is 4.69. The van der Waals surface area contributed by atoms with Crippen molar-refractivity contribution in [3.63, 3.8) is 0 Å². The lowest BCUT2D eigenvalue weighted by molar-refractivity contribution is 1.09. The third-order valence-electron chi connectivity index (χ3n) is 7.66. The van der Waals surface area contributed by atoms with Crippen LogP contribution in [0.5, 0.6) is 0 Å². The average Bonchev–Trinajstić information content (AvgIpc) is 3.38. The minimum Gasteiger partial charge on any atom is -0.292 e. The van der Waals surface area contributed by atoms with Crippen LogP contribution in [0.3, 0.4) is 0 Å². The topological polar surface area (TPSA) is 17.3 Å². The van der Waals surface area contributed by atoms with Gasteiger partial charge in [-0.3, -0.25) is 4.40 Å².